The third-order valence-corrected chi connectivity index (χ3v) is 7.98. The number of esters is 1. The fraction of sp³-hybridized carbons (Fsp3) is 0.371. The zero-order valence-electron chi connectivity index (χ0n) is 27.6. The molecule has 2 aromatic carbocycles. The minimum atomic E-state index is -0.643. The average Bonchev–Trinajstić information content (AvgIpc) is 3.41. The van der Waals surface area contributed by atoms with Crippen molar-refractivity contribution in [1.29, 1.82) is 5.41 Å². The standard InChI is InChI=1S/C35H42ClN7O5/c1-4-6-7-10-21-48-35(46)40-33(37)25-12-15-27(16-13-25)42(24-36)23-31-39-28-22-26(14-17-29(28)41(31)3)34(45)43(20-18-32(44)47-5-2)30-11-8-9-19-38-30/h8-9,11-17,19,22H,4-7,10,18,20-21,23-24H2,1-3H3,(H2,37,40,46). The number of fused-ring (bicyclic) bond motifs is 1. The van der Waals surface area contributed by atoms with Crippen molar-refractivity contribution in [3.05, 3.63) is 83.8 Å². The molecule has 0 aliphatic heterocycles. The van der Waals surface area contributed by atoms with Crippen molar-refractivity contribution in [2.75, 3.05) is 35.6 Å². The number of ether oxygens (including phenoxy) is 2. The van der Waals surface area contributed by atoms with Crippen LogP contribution in [0.25, 0.3) is 11.0 Å². The molecule has 0 aliphatic carbocycles. The molecule has 0 saturated heterocycles. The summed E-state index contributed by atoms with van der Waals surface area (Å²) in [4.78, 5) is 50.4. The summed E-state index contributed by atoms with van der Waals surface area (Å²) in [6.07, 6.45) is 4.98. The number of carbonyl (C=O) groups is 3. The first-order chi connectivity index (χ1) is 23.2. The molecular formula is C35H42ClN7O5. The van der Waals surface area contributed by atoms with E-state index in [0.29, 0.717) is 35.6 Å². The quantitative estimate of drug-likeness (QED) is 0.0347. The monoisotopic (exact) mass is 675 g/mol. The predicted octanol–water partition coefficient (Wildman–Crippen LogP) is 6.40. The maximum absolute atomic E-state index is 13.7. The van der Waals surface area contributed by atoms with Gasteiger partial charge in [-0.05, 0) is 67.9 Å². The van der Waals surface area contributed by atoms with Gasteiger partial charge >= 0.3 is 12.1 Å². The number of halogens is 1. The SMILES string of the molecule is CCCCCCOC(=O)NC(=N)c1ccc(N(CCl)Cc2nc3cc(C(=O)N(CCC(=O)OCC)c4ccccn4)ccc3n2C)cc1. The smallest absolute Gasteiger partial charge is 0.412 e. The van der Waals surface area contributed by atoms with E-state index in [2.05, 4.69) is 17.2 Å². The molecule has 0 aliphatic rings. The molecule has 0 bridgehead atoms. The molecule has 0 unspecified atom stereocenters. The van der Waals surface area contributed by atoms with Gasteiger partial charge in [0.25, 0.3) is 5.91 Å². The maximum atomic E-state index is 13.7. The molecule has 4 rings (SSSR count). The highest BCUT2D eigenvalue weighted by molar-refractivity contribution is 6.19. The number of hydrogen-bond donors (Lipinski definition) is 2. The van der Waals surface area contributed by atoms with Gasteiger partial charge in [0.1, 0.15) is 17.5 Å². The molecule has 12 nitrogen and oxygen atoms in total. The number of carbonyl (C=O) groups excluding carboxylic acids is 3. The summed E-state index contributed by atoms with van der Waals surface area (Å²) in [7, 11) is 1.90. The lowest BCUT2D eigenvalue weighted by atomic mass is 10.1. The number of alkyl carbamates (subject to hydrolysis) is 1. The highest BCUT2D eigenvalue weighted by Gasteiger charge is 2.22. The third kappa shape index (κ3) is 9.54. The van der Waals surface area contributed by atoms with Gasteiger partial charge in [-0.3, -0.25) is 25.2 Å². The number of anilines is 2. The molecule has 2 aromatic heterocycles. The lowest BCUT2D eigenvalue weighted by Crippen LogP contribution is -2.34. The summed E-state index contributed by atoms with van der Waals surface area (Å²) in [5.74, 6) is 0.397. The van der Waals surface area contributed by atoms with Crippen LogP contribution in [-0.4, -0.2) is 64.1 Å². The second kappa shape index (κ2) is 17.8. The first-order valence-corrected chi connectivity index (χ1v) is 16.6. The molecule has 2 amide bonds. The molecule has 2 N–H and O–H groups in total. The van der Waals surface area contributed by atoms with E-state index in [9.17, 15) is 14.4 Å². The summed E-state index contributed by atoms with van der Waals surface area (Å²) < 4.78 is 12.2. The number of nitrogens with one attached hydrogen (secondary N) is 2. The molecule has 2 heterocycles. The molecule has 4 aromatic rings. The molecule has 0 saturated carbocycles. The molecule has 13 heteroatoms. The van der Waals surface area contributed by atoms with E-state index in [1.807, 2.05) is 34.7 Å². The Morgan fingerprint density at radius 3 is 2.44 bits per heavy atom. The van der Waals surface area contributed by atoms with Crippen LogP contribution in [0.15, 0.2) is 66.9 Å². The number of rotatable bonds is 16. The Balaban J connectivity index is 1.45. The Kier molecular flexibility index (Phi) is 13.3. The van der Waals surface area contributed by atoms with Crippen LogP contribution in [0.3, 0.4) is 0 Å². The Labute approximate surface area is 285 Å². The Bertz CT molecular complexity index is 1690. The van der Waals surface area contributed by atoms with E-state index in [1.165, 1.54) is 4.90 Å². The molecule has 48 heavy (non-hydrogen) atoms. The van der Waals surface area contributed by atoms with Crippen LogP contribution < -0.4 is 15.1 Å². The molecule has 0 spiro atoms. The van der Waals surface area contributed by atoms with E-state index in [1.54, 1.807) is 55.6 Å². The van der Waals surface area contributed by atoms with Crippen LogP contribution in [0.1, 0.15) is 67.7 Å². The van der Waals surface area contributed by atoms with Crippen molar-refractivity contribution < 1.29 is 23.9 Å². The number of benzene rings is 2. The topological polar surface area (TPSA) is 143 Å². The van der Waals surface area contributed by atoms with Crippen LogP contribution in [0, 0.1) is 5.41 Å². The number of imidazole rings is 1. The molecule has 254 valence electrons. The lowest BCUT2D eigenvalue weighted by molar-refractivity contribution is -0.142. The van der Waals surface area contributed by atoms with Crippen molar-refractivity contribution in [1.82, 2.24) is 19.9 Å². The van der Waals surface area contributed by atoms with E-state index < -0.39 is 12.1 Å². The van der Waals surface area contributed by atoms with Crippen molar-refractivity contribution >= 4 is 57.9 Å². The van der Waals surface area contributed by atoms with Crippen LogP contribution >= 0.6 is 11.6 Å². The van der Waals surface area contributed by atoms with Crippen molar-refractivity contribution in [3.63, 3.8) is 0 Å². The number of aromatic nitrogens is 3. The predicted molar refractivity (Wildman–Crippen MR) is 187 cm³/mol. The normalized spacial score (nSPS) is 10.8. The zero-order chi connectivity index (χ0) is 34.5. The second-order valence-electron chi connectivity index (χ2n) is 11.1. The number of amides is 2. The number of pyridine rings is 1. The fourth-order valence-corrected chi connectivity index (χ4v) is 5.29. The summed E-state index contributed by atoms with van der Waals surface area (Å²) >= 11 is 6.37. The van der Waals surface area contributed by atoms with Crippen LogP contribution in [0.5, 0.6) is 0 Å². The lowest BCUT2D eigenvalue weighted by Gasteiger charge is -2.22. The van der Waals surface area contributed by atoms with E-state index in [-0.39, 0.29) is 37.3 Å². The highest BCUT2D eigenvalue weighted by Crippen LogP contribution is 2.24. The van der Waals surface area contributed by atoms with Crippen molar-refractivity contribution in [2.24, 2.45) is 7.05 Å². The van der Waals surface area contributed by atoms with Gasteiger partial charge in [-0.15, -0.1) is 11.6 Å². The minimum absolute atomic E-state index is 0.0325. The Morgan fingerprint density at radius 2 is 1.75 bits per heavy atom. The van der Waals surface area contributed by atoms with Crippen molar-refractivity contribution in [3.8, 4) is 0 Å². The Hall–Kier alpha value is -4.97. The van der Waals surface area contributed by atoms with Gasteiger partial charge in [0.15, 0.2) is 0 Å². The summed E-state index contributed by atoms with van der Waals surface area (Å²) in [5, 5.41) is 10.7. The zero-order valence-corrected chi connectivity index (χ0v) is 28.3. The van der Waals surface area contributed by atoms with Gasteiger partial charge < -0.3 is 18.9 Å². The van der Waals surface area contributed by atoms with Gasteiger partial charge in [0.05, 0.1) is 43.2 Å². The van der Waals surface area contributed by atoms with Gasteiger partial charge in [0, 0.05) is 36.6 Å². The number of nitrogens with zero attached hydrogens (tertiary/aromatic N) is 5. The fourth-order valence-electron chi connectivity index (χ4n) is 5.07. The minimum Gasteiger partial charge on any atom is -0.466 e. The maximum Gasteiger partial charge on any atom is 0.412 e. The average molecular weight is 676 g/mol. The second-order valence-corrected chi connectivity index (χ2v) is 11.3. The first kappa shape index (κ1) is 35.9. The number of unbranched alkanes of at least 4 members (excludes halogenated alkanes) is 3. The molecular weight excluding hydrogens is 634 g/mol. The largest absolute Gasteiger partial charge is 0.466 e. The summed E-state index contributed by atoms with van der Waals surface area (Å²) in [6, 6.07) is 17.9. The van der Waals surface area contributed by atoms with Gasteiger partial charge in [-0.1, -0.05) is 32.3 Å². The first-order valence-electron chi connectivity index (χ1n) is 16.0. The van der Waals surface area contributed by atoms with Crippen LogP contribution in [0.2, 0.25) is 0 Å². The van der Waals surface area contributed by atoms with Crippen LogP contribution in [0.4, 0.5) is 16.3 Å². The number of amidine groups is 1. The third-order valence-electron chi connectivity index (χ3n) is 7.69. The summed E-state index contributed by atoms with van der Waals surface area (Å²) in [5.41, 5.74) is 3.20. The van der Waals surface area contributed by atoms with Crippen molar-refractivity contribution in [2.45, 2.75) is 52.5 Å². The molecule has 0 radical (unpaired) electrons. The summed E-state index contributed by atoms with van der Waals surface area (Å²) in [6.45, 7) is 4.93. The van der Waals surface area contributed by atoms with Gasteiger partial charge in [-0.25, -0.2) is 14.8 Å². The Morgan fingerprint density at radius 1 is 0.979 bits per heavy atom. The van der Waals surface area contributed by atoms with Gasteiger partial charge in [0.2, 0.25) is 0 Å². The molecule has 0 fully saturated rings. The number of hydrogen-bond acceptors (Lipinski definition) is 9. The van der Waals surface area contributed by atoms with Crippen LogP contribution in [-0.2, 0) is 27.9 Å². The van der Waals surface area contributed by atoms with E-state index >= 15 is 0 Å². The number of alkyl halides is 1. The van der Waals surface area contributed by atoms with Gasteiger partial charge in [-0.2, -0.15) is 0 Å². The van der Waals surface area contributed by atoms with E-state index in [0.717, 1.165) is 42.7 Å². The molecule has 0 atom stereocenters. The highest BCUT2D eigenvalue weighted by atomic mass is 35.5. The van der Waals surface area contributed by atoms with E-state index in [4.69, 9.17) is 31.5 Å². The number of aryl methyl sites for hydroxylation is 1.